The Morgan fingerprint density at radius 1 is 1.26 bits per heavy atom. The van der Waals surface area contributed by atoms with Crippen molar-refractivity contribution in [1.29, 1.82) is 0 Å². The summed E-state index contributed by atoms with van der Waals surface area (Å²) in [5.74, 6) is 0.846. The smallest absolute Gasteiger partial charge is 0.259 e. The molecule has 0 unspecified atom stereocenters. The van der Waals surface area contributed by atoms with Gasteiger partial charge in [-0.3, -0.25) is 14.1 Å². The first-order valence-corrected chi connectivity index (χ1v) is 9.79. The van der Waals surface area contributed by atoms with Crippen molar-refractivity contribution in [3.63, 3.8) is 0 Å². The van der Waals surface area contributed by atoms with Gasteiger partial charge in [-0.2, -0.15) is 0 Å². The Hall–Kier alpha value is -1.20. The Labute approximate surface area is 141 Å². The van der Waals surface area contributed by atoms with Gasteiger partial charge in [-0.05, 0) is 38.5 Å². The zero-order valence-electron chi connectivity index (χ0n) is 13.8. The summed E-state index contributed by atoms with van der Waals surface area (Å²) in [5, 5.41) is 2.01. The molecule has 5 heteroatoms. The number of aromatic nitrogens is 2. The van der Waals surface area contributed by atoms with Crippen LogP contribution in [-0.2, 0) is 6.54 Å². The van der Waals surface area contributed by atoms with E-state index in [1.54, 1.807) is 21.8 Å². The highest BCUT2D eigenvalue weighted by Crippen LogP contribution is 2.32. The lowest BCUT2D eigenvalue weighted by atomic mass is 9.89. The second kappa shape index (κ2) is 6.36. The summed E-state index contributed by atoms with van der Waals surface area (Å²) in [6.07, 6.45) is 9.57. The van der Waals surface area contributed by atoms with E-state index in [1.165, 1.54) is 51.5 Å². The van der Waals surface area contributed by atoms with Crippen LogP contribution in [0.25, 0.3) is 4.96 Å². The fourth-order valence-electron chi connectivity index (χ4n) is 3.87. The molecule has 0 atom stereocenters. The van der Waals surface area contributed by atoms with Gasteiger partial charge in [0.1, 0.15) is 0 Å². The molecule has 124 valence electrons. The molecule has 2 fully saturated rings. The minimum atomic E-state index is 0.0668. The number of rotatable bonds is 5. The van der Waals surface area contributed by atoms with Crippen LogP contribution in [0.3, 0.4) is 0 Å². The highest BCUT2D eigenvalue weighted by molar-refractivity contribution is 7.15. The number of hydrogen-bond acceptors (Lipinski definition) is 4. The molecule has 2 aliphatic rings. The molecule has 0 N–H and O–H groups in total. The van der Waals surface area contributed by atoms with Crippen molar-refractivity contribution in [2.75, 3.05) is 6.54 Å². The molecule has 4 nitrogen and oxygen atoms in total. The average molecular weight is 331 g/mol. The lowest BCUT2D eigenvalue weighted by Crippen LogP contribution is -2.33. The monoisotopic (exact) mass is 331 g/mol. The lowest BCUT2D eigenvalue weighted by Gasteiger charge is -2.29. The van der Waals surface area contributed by atoms with E-state index in [4.69, 9.17) is 4.98 Å². The van der Waals surface area contributed by atoms with Crippen LogP contribution in [0.2, 0.25) is 0 Å². The summed E-state index contributed by atoms with van der Waals surface area (Å²) in [4.78, 5) is 20.5. The zero-order valence-corrected chi connectivity index (χ0v) is 14.6. The number of fused-ring (bicyclic) bond motifs is 1. The summed E-state index contributed by atoms with van der Waals surface area (Å²) in [6, 6.07) is 2.46. The van der Waals surface area contributed by atoms with Crippen molar-refractivity contribution in [2.45, 2.75) is 64.5 Å². The fourth-order valence-corrected chi connectivity index (χ4v) is 4.76. The molecule has 0 aliphatic heterocycles. The maximum absolute atomic E-state index is 12.3. The van der Waals surface area contributed by atoms with Crippen LogP contribution in [0.15, 0.2) is 16.2 Å². The molecule has 0 bridgehead atoms. The second-order valence-corrected chi connectivity index (χ2v) is 8.08. The summed E-state index contributed by atoms with van der Waals surface area (Å²) in [5.41, 5.74) is 1.99. The molecule has 0 spiro atoms. The van der Waals surface area contributed by atoms with E-state index in [9.17, 15) is 4.79 Å². The molecule has 4 rings (SSSR count). The minimum absolute atomic E-state index is 0.0668. The Bertz CT molecular complexity index is 740. The molecule has 2 heterocycles. The Balaban J connectivity index is 1.53. The molecular weight excluding hydrogens is 306 g/mol. The van der Waals surface area contributed by atoms with Crippen molar-refractivity contribution in [1.82, 2.24) is 14.3 Å². The Kier molecular flexibility index (Phi) is 4.24. The van der Waals surface area contributed by atoms with Gasteiger partial charge in [-0.15, -0.1) is 11.3 Å². The third-order valence-electron chi connectivity index (χ3n) is 5.27. The molecule has 0 radical (unpaired) electrons. The predicted octanol–water partition coefficient (Wildman–Crippen LogP) is 3.61. The van der Waals surface area contributed by atoms with Gasteiger partial charge in [0, 0.05) is 36.3 Å². The van der Waals surface area contributed by atoms with E-state index in [2.05, 4.69) is 4.90 Å². The minimum Gasteiger partial charge on any atom is -0.294 e. The van der Waals surface area contributed by atoms with Gasteiger partial charge >= 0.3 is 0 Å². The third-order valence-corrected chi connectivity index (χ3v) is 6.22. The fraction of sp³-hybridized carbons (Fsp3) is 0.667. The molecule has 2 aliphatic carbocycles. The van der Waals surface area contributed by atoms with Crippen LogP contribution in [0.4, 0.5) is 0 Å². The zero-order chi connectivity index (χ0) is 15.8. The van der Waals surface area contributed by atoms with Crippen LogP contribution in [-0.4, -0.2) is 26.9 Å². The van der Waals surface area contributed by atoms with Crippen LogP contribution in [0, 0.1) is 12.8 Å². The quantitative estimate of drug-likeness (QED) is 0.840. The maximum Gasteiger partial charge on any atom is 0.259 e. The second-order valence-electron chi connectivity index (χ2n) is 7.25. The van der Waals surface area contributed by atoms with Crippen LogP contribution in [0.5, 0.6) is 0 Å². The Morgan fingerprint density at radius 3 is 2.78 bits per heavy atom. The van der Waals surface area contributed by atoms with E-state index in [0.717, 1.165) is 34.9 Å². The first kappa shape index (κ1) is 15.3. The first-order valence-electron chi connectivity index (χ1n) is 8.91. The van der Waals surface area contributed by atoms with Crippen LogP contribution >= 0.6 is 11.3 Å². The Morgan fingerprint density at radius 2 is 2.04 bits per heavy atom. The van der Waals surface area contributed by atoms with Crippen molar-refractivity contribution in [3.8, 4) is 0 Å². The average Bonchev–Trinajstić information content (AvgIpc) is 3.32. The van der Waals surface area contributed by atoms with Crippen LogP contribution < -0.4 is 5.56 Å². The normalized spacial score (nSPS) is 19.7. The van der Waals surface area contributed by atoms with Gasteiger partial charge in [0.2, 0.25) is 0 Å². The molecule has 2 aromatic heterocycles. The molecule has 0 aromatic carbocycles. The van der Waals surface area contributed by atoms with E-state index >= 15 is 0 Å². The highest BCUT2D eigenvalue weighted by Gasteiger charge is 2.31. The summed E-state index contributed by atoms with van der Waals surface area (Å²) in [6.45, 7) is 3.99. The van der Waals surface area contributed by atoms with Gasteiger partial charge in [-0.25, -0.2) is 4.98 Å². The largest absolute Gasteiger partial charge is 0.294 e. The first-order chi connectivity index (χ1) is 11.2. The van der Waals surface area contributed by atoms with E-state index in [1.807, 2.05) is 12.3 Å². The van der Waals surface area contributed by atoms with Crippen LogP contribution in [0.1, 0.15) is 56.3 Å². The van der Waals surface area contributed by atoms with Gasteiger partial charge in [0.15, 0.2) is 4.96 Å². The third kappa shape index (κ3) is 3.36. The maximum atomic E-state index is 12.3. The molecule has 0 amide bonds. The molecule has 0 saturated heterocycles. The van der Waals surface area contributed by atoms with Crippen molar-refractivity contribution < 1.29 is 0 Å². The van der Waals surface area contributed by atoms with Crippen molar-refractivity contribution in [2.24, 2.45) is 5.92 Å². The summed E-state index contributed by atoms with van der Waals surface area (Å²) < 4.78 is 1.72. The molecule has 23 heavy (non-hydrogen) atoms. The molecule has 2 saturated carbocycles. The van der Waals surface area contributed by atoms with Gasteiger partial charge < -0.3 is 0 Å². The van der Waals surface area contributed by atoms with E-state index in [-0.39, 0.29) is 5.56 Å². The molecule has 2 aromatic rings. The standard InChI is InChI=1S/C18H25N3OS/c1-13-12-23-18-19-15(9-17(22)21(13)18)11-20(16-7-8-16)10-14-5-3-2-4-6-14/h9,12,14,16H,2-8,10-11H2,1H3. The molecular formula is C18H25N3OS. The van der Waals surface area contributed by atoms with Gasteiger partial charge in [0.25, 0.3) is 5.56 Å². The number of aryl methyl sites for hydroxylation is 1. The lowest BCUT2D eigenvalue weighted by molar-refractivity contribution is 0.184. The summed E-state index contributed by atoms with van der Waals surface area (Å²) >= 11 is 1.56. The van der Waals surface area contributed by atoms with Crippen molar-refractivity contribution in [3.05, 3.63) is 33.2 Å². The van der Waals surface area contributed by atoms with E-state index < -0.39 is 0 Å². The number of hydrogen-bond donors (Lipinski definition) is 0. The topological polar surface area (TPSA) is 37.6 Å². The highest BCUT2D eigenvalue weighted by atomic mass is 32.1. The van der Waals surface area contributed by atoms with Crippen molar-refractivity contribution >= 4 is 16.3 Å². The number of nitrogens with zero attached hydrogens (tertiary/aromatic N) is 3. The van der Waals surface area contributed by atoms with Gasteiger partial charge in [-0.1, -0.05) is 19.3 Å². The summed E-state index contributed by atoms with van der Waals surface area (Å²) in [7, 11) is 0. The van der Waals surface area contributed by atoms with Gasteiger partial charge in [0.05, 0.1) is 5.69 Å². The van der Waals surface area contributed by atoms with E-state index in [0.29, 0.717) is 0 Å². The number of thiazole rings is 1. The SMILES string of the molecule is Cc1csc2nc(CN(CC3CCCCC3)C3CC3)cc(=O)n12. The predicted molar refractivity (Wildman–Crippen MR) is 94.1 cm³/mol.